The monoisotopic (exact) mass is 354 g/mol. The van der Waals surface area contributed by atoms with Crippen LogP contribution in [0.2, 0.25) is 0 Å². The maximum Gasteiger partial charge on any atom is 0.255 e. The zero-order chi connectivity index (χ0) is 18.2. The van der Waals surface area contributed by atoms with Crippen LogP contribution < -0.4 is 10.2 Å². The summed E-state index contributed by atoms with van der Waals surface area (Å²) in [5.41, 5.74) is 2.72. The number of anilines is 2. The van der Waals surface area contributed by atoms with E-state index in [2.05, 4.69) is 27.3 Å². The molecule has 0 radical (unpaired) electrons. The Morgan fingerprint density at radius 1 is 1.15 bits per heavy atom. The molecule has 1 saturated heterocycles. The third-order valence-corrected chi connectivity index (χ3v) is 4.53. The van der Waals surface area contributed by atoms with Gasteiger partial charge in [0.25, 0.3) is 5.91 Å². The molecule has 1 amide bonds. The molecule has 138 valence electrons. The van der Waals surface area contributed by atoms with Gasteiger partial charge in [-0.2, -0.15) is 0 Å². The molecule has 1 fully saturated rings. The number of rotatable bonds is 7. The summed E-state index contributed by atoms with van der Waals surface area (Å²) in [5, 5.41) is 3.28. The molecular weight excluding hydrogens is 328 g/mol. The lowest BCUT2D eigenvalue weighted by molar-refractivity contribution is 0.0746. The molecule has 1 aliphatic heterocycles. The fraction of sp³-hybridized carbons (Fsp3) is 0.400. The molecule has 0 spiro atoms. The van der Waals surface area contributed by atoms with Crippen molar-refractivity contribution in [3.8, 4) is 0 Å². The molecule has 0 saturated carbocycles. The average Bonchev–Trinajstić information content (AvgIpc) is 2.72. The number of amides is 1. The van der Waals surface area contributed by atoms with E-state index in [9.17, 15) is 4.79 Å². The van der Waals surface area contributed by atoms with Crippen molar-refractivity contribution in [2.24, 2.45) is 0 Å². The number of nitrogens with zero attached hydrogens (tertiary/aromatic N) is 3. The topological polar surface area (TPSA) is 57.7 Å². The fourth-order valence-electron chi connectivity index (χ4n) is 3.09. The molecule has 1 aromatic heterocycles. The first-order chi connectivity index (χ1) is 12.8. The summed E-state index contributed by atoms with van der Waals surface area (Å²) in [6.45, 7) is 4.64. The molecule has 0 atom stereocenters. The molecule has 26 heavy (non-hydrogen) atoms. The highest BCUT2D eigenvalue weighted by atomic mass is 16.5. The SMILES string of the molecule is COCCCNc1cncc(C(=O)N2CCN(c3ccccc3)CC2)c1. The van der Waals surface area contributed by atoms with Crippen LogP contribution >= 0.6 is 0 Å². The number of hydrogen-bond donors (Lipinski definition) is 1. The van der Waals surface area contributed by atoms with Crippen molar-refractivity contribution in [2.75, 3.05) is 56.7 Å². The first-order valence-corrected chi connectivity index (χ1v) is 9.05. The van der Waals surface area contributed by atoms with Gasteiger partial charge in [0, 0.05) is 64.5 Å². The first-order valence-electron chi connectivity index (χ1n) is 9.05. The Bertz CT molecular complexity index is 700. The van der Waals surface area contributed by atoms with E-state index in [1.807, 2.05) is 29.2 Å². The molecule has 6 heteroatoms. The van der Waals surface area contributed by atoms with Crippen molar-refractivity contribution in [2.45, 2.75) is 6.42 Å². The van der Waals surface area contributed by atoms with Gasteiger partial charge in [0.15, 0.2) is 0 Å². The van der Waals surface area contributed by atoms with Crippen molar-refractivity contribution in [3.05, 3.63) is 54.4 Å². The Labute approximate surface area is 154 Å². The number of nitrogens with one attached hydrogen (secondary N) is 1. The molecule has 0 unspecified atom stereocenters. The van der Waals surface area contributed by atoms with Crippen LogP contribution in [0, 0.1) is 0 Å². The molecule has 0 bridgehead atoms. The summed E-state index contributed by atoms with van der Waals surface area (Å²) in [6, 6.07) is 12.2. The number of carbonyl (C=O) groups excluding carboxylic acids is 1. The number of piperazine rings is 1. The number of para-hydroxylation sites is 1. The number of methoxy groups -OCH3 is 1. The van der Waals surface area contributed by atoms with Gasteiger partial charge in [-0.3, -0.25) is 9.78 Å². The van der Waals surface area contributed by atoms with Crippen LogP contribution in [0.15, 0.2) is 48.8 Å². The summed E-state index contributed by atoms with van der Waals surface area (Å²) in [6.07, 6.45) is 4.30. The lowest BCUT2D eigenvalue weighted by Gasteiger charge is -2.36. The Morgan fingerprint density at radius 2 is 1.92 bits per heavy atom. The van der Waals surface area contributed by atoms with E-state index < -0.39 is 0 Å². The minimum Gasteiger partial charge on any atom is -0.385 e. The Hall–Kier alpha value is -2.60. The Balaban J connectivity index is 1.55. The van der Waals surface area contributed by atoms with Crippen LogP contribution in [0.25, 0.3) is 0 Å². The molecule has 2 heterocycles. The minimum atomic E-state index is 0.0470. The largest absolute Gasteiger partial charge is 0.385 e. The predicted octanol–water partition coefficient (Wildman–Crippen LogP) is 2.49. The van der Waals surface area contributed by atoms with E-state index in [1.54, 1.807) is 19.5 Å². The van der Waals surface area contributed by atoms with Gasteiger partial charge in [-0.05, 0) is 24.6 Å². The second kappa shape index (κ2) is 9.20. The fourth-order valence-corrected chi connectivity index (χ4v) is 3.09. The van der Waals surface area contributed by atoms with Gasteiger partial charge in [-0.25, -0.2) is 0 Å². The number of hydrogen-bond acceptors (Lipinski definition) is 5. The van der Waals surface area contributed by atoms with Gasteiger partial charge in [0.05, 0.1) is 11.3 Å². The number of pyridine rings is 1. The van der Waals surface area contributed by atoms with E-state index in [4.69, 9.17) is 4.74 Å². The molecule has 1 aromatic carbocycles. The number of aromatic nitrogens is 1. The van der Waals surface area contributed by atoms with Gasteiger partial charge >= 0.3 is 0 Å². The zero-order valence-electron chi connectivity index (χ0n) is 15.2. The van der Waals surface area contributed by atoms with Gasteiger partial charge in [-0.15, -0.1) is 0 Å². The minimum absolute atomic E-state index is 0.0470. The van der Waals surface area contributed by atoms with E-state index in [-0.39, 0.29) is 5.91 Å². The van der Waals surface area contributed by atoms with Crippen LogP contribution in [0.5, 0.6) is 0 Å². The van der Waals surface area contributed by atoms with Gasteiger partial charge in [0.1, 0.15) is 0 Å². The Morgan fingerprint density at radius 3 is 2.65 bits per heavy atom. The highest BCUT2D eigenvalue weighted by molar-refractivity contribution is 5.95. The molecule has 6 nitrogen and oxygen atoms in total. The number of carbonyl (C=O) groups is 1. The smallest absolute Gasteiger partial charge is 0.255 e. The lowest BCUT2D eigenvalue weighted by atomic mass is 10.2. The van der Waals surface area contributed by atoms with Crippen LogP contribution in [-0.2, 0) is 4.74 Å². The van der Waals surface area contributed by atoms with Gasteiger partial charge < -0.3 is 19.9 Å². The highest BCUT2D eigenvalue weighted by Gasteiger charge is 2.22. The van der Waals surface area contributed by atoms with E-state index in [0.29, 0.717) is 12.2 Å². The quantitative estimate of drug-likeness (QED) is 0.774. The van der Waals surface area contributed by atoms with Crippen LogP contribution in [0.1, 0.15) is 16.8 Å². The third-order valence-electron chi connectivity index (χ3n) is 4.53. The van der Waals surface area contributed by atoms with Crippen molar-refractivity contribution in [3.63, 3.8) is 0 Å². The van der Waals surface area contributed by atoms with Crippen LogP contribution in [0.4, 0.5) is 11.4 Å². The van der Waals surface area contributed by atoms with Crippen LogP contribution in [0.3, 0.4) is 0 Å². The molecule has 0 aliphatic carbocycles. The van der Waals surface area contributed by atoms with E-state index in [1.165, 1.54) is 5.69 Å². The normalized spacial score (nSPS) is 14.3. The number of benzene rings is 1. The van der Waals surface area contributed by atoms with Crippen molar-refractivity contribution in [1.29, 1.82) is 0 Å². The lowest BCUT2D eigenvalue weighted by Crippen LogP contribution is -2.48. The van der Waals surface area contributed by atoms with Gasteiger partial charge in [0.2, 0.25) is 0 Å². The second-order valence-corrected chi connectivity index (χ2v) is 6.35. The molecule has 1 aliphatic rings. The molecule has 2 aromatic rings. The second-order valence-electron chi connectivity index (χ2n) is 6.35. The summed E-state index contributed by atoms with van der Waals surface area (Å²) in [7, 11) is 1.69. The summed E-state index contributed by atoms with van der Waals surface area (Å²) in [5.74, 6) is 0.0470. The highest BCUT2D eigenvalue weighted by Crippen LogP contribution is 2.17. The van der Waals surface area contributed by atoms with Gasteiger partial charge in [-0.1, -0.05) is 18.2 Å². The predicted molar refractivity (Wildman–Crippen MR) is 104 cm³/mol. The maximum atomic E-state index is 12.8. The summed E-state index contributed by atoms with van der Waals surface area (Å²) >= 11 is 0. The standard InChI is InChI=1S/C20H26N4O2/c1-26-13-5-8-22-18-14-17(15-21-16-18)20(25)24-11-9-23(10-12-24)19-6-3-2-4-7-19/h2-4,6-7,14-16,22H,5,8-13H2,1H3. The summed E-state index contributed by atoms with van der Waals surface area (Å²) in [4.78, 5) is 21.2. The average molecular weight is 354 g/mol. The zero-order valence-corrected chi connectivity index (χ0v) is 15.2. The van der Waals surface area contributed by atoms with E-state index in [0.717, 1.165) is 44.8 Å². The van der Waals surface area contributed by atoms with E-state index >= 15 is 0 Å². The van der Waals surface area contributed by atoms with Crippen molar-refractivity contribution < 1.29 is 9.53 Å². The molecule has 3 rings (SSSR count). The third kappa shape index (κ3) is 4.73. The molecular formula is C20H26N4O2. The maximum absolute atomic E-state index is 12.8. The van der Waals surface area contributed by atoms with Crippen molar-refractivity contribution >= 4 is 17.3 Å². The van der Waals surface area contributed by atoms with Crippen LogP contribution in [-0.4, -0.2) is 62.2 Å². The molecule has 1 N–H and O–H groups in total. The summed E-state index contributed by atoms with van der Waals surface area (Å²) < 4.78 is 5.04. The van der Waals surface area contributed by atoms with Crippen molar-refractivity contribution in [1.82, 2.24) is 9.88 Å². The first kappa shape index (κ1) is 18.2. The number of ether oxygens (including phenoxy) is 1. The Kier molecular flexibility index (Phi) is 6.44.